The monoisotopic (exact) mass is 214 g/mol. The predicted octanol–water partition coefficient (Wildman–Crippen LogP) is 1.20. The Balaban J connectivity index is 2.21. The van der Waals surface area contributed by atoms with Gasteiger partial charge < -0.3 is 15.4 Å². The molecule has 0 radical (unpaired) electrons. The van der Waals surface area contributed by atoms with E-state index >= 15 is 0 Å². The van der Waals surface area contributed by atoms with Gasteiger partial charge in [-0.05, 0) is 32.0 Å². The second-order valence-electron chi connectivity index (χ2n) is 3.48. The molecular weight excluding hydrogens is 196 g/mol. The van der Waals surface area contributed by atoms with Crippen molar-refractivity contribution in [1.29, 1.82) is 0 Å². The number of nitrogens with one attached hydrogen (secondary N) is 2. The number of hydrogen-bond acceptors (Lipinski definition) is 2. The average Bonchev–Trinajstić information content (AvgIpc) is 2.67. The first-order chi connectivity index (χ1) is 6.74. The van der Waals surface area contributed by atoms with Crippen LogP contribution in [0.3, 0.4) is 0 Å². The Morgan fingerprint density at radius 3 is 3.14 bits per heavy atom. The molecule has 0 amide bonds. The third-order valence-electron chi connectivity index (χ3n) is 2.29. The van der Waals surface area contributed by atoms with Crippen LogP contribution in [-0.2, 0) is 4.74 Å². The molecule has 0 saturated carbocycles. The SMILES string of the molecule is C=CCNC(=S)NC(C)C1CCCO1. The molecule has 1 aliphatic rings. The predicted molar refractivity (Wildman–Crippen MR) is 62.4 cm³/mol. The number of hydrogen-bond donors (Lipinski definition) is 2. The van der Waals surface area contributed by atoms with Crippen molar-refractivity contribution in [2.45, 2.75) is 31.9 Å². The van der Waals surface area contributed by atoms with Crippen molar-refractivity contribution in [2.24, 2.45) is 0 Å². The summed E-state index contributed by atoms with van der Waals surface area (Å²) >= 11 is 5.11. The summed E-state index contributed by atoms with van der Waals surface area (Å²) in [5, 5.41) is 6.91. The van der Waals surface area contributed by atoms with Gasteiger partial charge in [-0.3, -0.25) is 0 Å². The van der Waals surface area contributed by atoms with E-state index in [1.165, 1.54) is 0 Å². The maximum Gasteiger partial charge on any atom is 0.166 e. The molecule has 2 N–H and O–H groups in total. The van der Waals surface area contributed by atoms with Crippen LogP contribution in [0.4, 0.5) is 0 Å². The molecule has 3 nitrogen and oxygen atoms in total. The van der Waals surface area contributed by atoms with Gasteiger partial charge >= 0.3 is 0 Å². The minimum Gasteiger partial charge on any atom is -0.376 e. The summed E-state index contributed by atoms with van der Waals surface area (Å²) in [5.74, 6) is 0. The van der Waals surface area contributed by atoms with Gasteiger partial charge in [-0.2, -0.15) is 0 Å². The molecule has 0 aromatic carbocycles. The maximum absolute atomic E-state index is 5.55. The number of rotatable bonds is 4. The van der Waals surface area contributed by atoms with E-state index in [1.54, 1.807) is 6.08 Å². The van der Waals surface area contributed by atoms with Crippen LogP contribution in [0.1, 0.15) is 19.8 Å². The third kappa shape index (κ3) is 3.64. The van der Waals surface area contributed by atoms with Gasteiger partial charge in [0.25, 0.3) is 0 Å². The Kier molecular flexibility index (Phi) is 4.90. The second-order valence-corrected chi connectivity index (χ2v) is 3.89. The second kappa shape index (κ2) is 5.98. The molecule has 1 aliphatic heterocycles. The quantitative estimate of drug-likeness (QED) is 0.544. The molecule has 1 heterocycles. The highest BCUT2D eigenvalue weighted by Crippen LogP contribution is 2.15. The van der Waals surface area contributed by atoms with Crippen molar-refractivity contribution in [3.8, 4) is 0 Å². The highest BCUT2D eigenvalue weighted by molar-refractivity contribution is 7.80. The molecule has 0 aromatic rings. The molecule has 14 heavy (non-hydrogen) atoms. The van der Waals surface area contributed by atoms with Gasteiger partial charge in [0.2, 0.25) is 0 Å². The van der Waals surface area contributed by atoms with E-state index in [0.717, 1.165) is 19.4 Å². The Bertz CT molecular complexity index is 202. The van der Waals surface area contributed by atoms with Crippen LogP contribution < -0.4 is 10.6 Å². The first kappa shape index (κ1) is 11.5. The molecule has 1 saturated heterocycles. The third-order valence-corrected chi connectivity index (χ3v) is 2.55. The van der Waals surface area contributed by atoms with Gasteiger partial charge in [0, 0.05) is 13.2 Å². The molecule has 0 spiro atoms. The van der Waals surface area contributed by atoms with Crippen molar-refractivity contribution in [3.63, 3.8) is 0 Å². The molecule has 0 aromatic heterocycles. The zero-order chi connectivity index (χ0) is 10.4. The normalized spacial score (nSPS) is 22.8. The molecule has 0 aliphatic carbocycles. The fraction of sp³-hybridized carbons (Fsp3) is 0.700. The number of ether oxygens (including phenoxy) is 1. The molecule has 4 heteroatoms. The first-order valence-corrected chi connectivity index (χ1v) is 5.41. The van der Waals surface area contributed by atoms with Crippen molar-refractivity contribution >= 4 is 17.3 Å². The van der Waals surface area contributed by atoms with Gasteiger partial charge in [-0.1, -0.05) is 6.08 Å². The van der Waals surface area contributed by atoms with Crippen LogP contribution in [-0.4, -0.2) is 30.4 Å². The molecule has 2 atom stereocenters. The minimum atomic E-state index is 0.280. The van der Waals surface area contributed by atoms with Crippen LogP contribution in [0, 0.1) is 0 Å². The summed E-state index contributed by atoms with van der Waals surface area (Å²) in [6, 6.07) is 0.280. The zero-order valence-electron chi connectivity index (χ0n) is 8.58. The van der Waals surface area contributed by atoms with Crippen molar-refractivity contribution in [3.05, 3.63) is 12.7 Å². The molecule has 0 bridgehead atoms. The average molecular weight is 214 g/mol. The topological polar surface area (TPSA) is 33.3 Å². The smallest absolute Gasteiger partial charge is 0.166 e. The highest BCUT2D eigenvalue weighted by Gasteiger charge is 2.22. The zero-order valence-corrected chi connectivity index (χ0v) is 9.40. The Morgan fingerprint density at radius 1 is 1.79 bits per heavy atom. The summed E-state index contributed by atoms with van der Waals surface area (Å²) in [4.78, 5) is 0. The van der Waals surface area contributed by atoms with Gasteiger partial charge in [0.15, 0.2) is 5.11 Å². The van der Waals surface area contributed by atoms with Crippen LogP contribution in [0.2, 0.25) is 0 Å². The Labute approximate surface area is 90.9 Å². The Hall–Kier alpha value is -0.610. The standard InChI is InChI=1S/C10H18N2OS/c1-3-6-11-10(14)12-8(2)9-5-4-7-13-9/h3,8-9H,1,4-7H2,2H3,(H2,11,12,14). The summed E-state index contributed by atoms with van der Waals surface area (Å²) in [6.07, 6.45) is 4.37. The summed E-state index contributed by atoms with van der Waals surface area (Å²) < 4.78 is 5.55. The summed E-state index contributed by atoms with van der Waals surface area (Å²) in [7, 11) is 0. The lowest BCUT2D eigenvalue weighted by molar-refractivity contribution is 0.0893. The summed E-state index contributed by atoms with van der Waals surface area (Å²) in [5.41, 5.74) is 0. The van der Waals surface area contributed by atoms with Crippen molar-refractivity contribution < 1.29 is 4.74 Å². The van der Waals surface area contributed by atoms with Crippen molar-refractivity contribution in [1.82, 2.24) is 10.6 Å². The van der Waals surface area contributed by atoms with Crippen LogP contribution >= 0.6 is 12.2 Å². The van der Waals surface area contributed by atoms with Gasteiger partial charge in [0.1, 0.15) is 0 Å². The van der Waals surface area contributed by atoms with E-state index in [1.807, 2.05) is 0 Å². The maximum atomic E-state index is 5.55. The fourth-order valence-electron chi connectivity index (χ4n) is 1.51. The van der Waals surface area contributed by atoms with E-state index in [4.69, 9.17) is 17.0 Å². The lowest BCUT2D eigenvalue weighted by Gasteiger charge is -2.21. The van der Waals surface area contributed by atoms with E-state index in [0.29, 0.717) is 17.8 Å². The van der Waals surface area contributed by atoms with Crippen LogP contribution in [0.25, 0.3) is 0 Å². The van der Waals surface area contributed by atoms with Gasteiger partial charge in [-0.25, -0.2) is 0 Å². The fourth-order valence-corrected chi connectivity index (χ4v) is 1.78. The highest BCUT2D eigenvalue weighted by atomic mass is 32.1. The Morgan fingerprint density at radius 2 is 2.57 bits per heavy atom. The molecule has 2 unspecified atom stereocenters. The number of thiocarbonyl (C=S) groups is 1. The molecular formula is C10H18N2OS. The molecule has 1 rings (SSSR count). The van der Waals surface area contributed by atoms with Crippen LogP contribution in [0.15, 0.2) is 12.7 Å². The summed E-state index contributed by atoms with van der Waals surface area (Å²) in [6.45, 7) is 7.29. The first-order valence-electron chi connectivity index (χ1n) is 5.01. The van der Waals surface area contributed by atoms with E-state index in [9.17, 15) is 0 Å². The van der Waals surface area contributed by atoms with E-state index < -0.39 is 0 Å². The van der Waals surface area contributed by atoms with Crippen LogP contribution in [0.5, 0.6) is 0 Å². The van der Waals surface area contributed by atoms with Crippen molar-refractivity contribution in [2.75, 3.05) is 13.2 Å². The van der Waals surface area contributed by atoms with E-state index in [-0.39, 0.29) is 6.04 Å². The lowest BCUT2D eigenvalue weighted by Crippen LogP contribution is -2.45. The lowest BCUT2D eigenvalue weighted by atomic mass is 10.1. The molecule has 80 valence electrons. The minimum absolute atomic E-state index is 0.280. The van der Waals surface area contributed by atoms with Gasteiger partial charge in [-0.15, -0.1) is 6.58 Å². The largest absolute Gasteiger partial charge is 0.376 e. The van der Waals surface area contributed by atoms with Gasteiger partial charge in [0.05, 0.1) is 12.1 Å². The molecule has 1 fully saturated rings. The van der Waals surface area contributed by atoms with E-state index in [2.05, 4.69) is 24.1 Å².